The molecule has 0 radical (unpaired) electrons. The van der Waals surface area contributed by atoms with Gasteiger partial charge in [-0.15, -0.1) is 11.8 Å². The van der Waals surface area contributed by atoms with Crippen molar-refractivity contribution < 1.29 is 9.59 Å². The molecular weight excluding hydrogens is 332 g/mol. The molecule has 0 heterocycles. The third-order valence-electron chi connectivity index (χ3n) is 2.98. The highest BCUT2D eigenvalue weighted by atomic mass is 35.5. The van der Waals surface area contributed by atoms with Gasteiger partial charge in [0.25, 0.3) is 0 Å². The molecule has 23 heavy (non-hydrogen) atoms. The maximum Gasteiger partial charge on any atom is 0.234 e. The Bertz CT molecular complexity index is 692. The standard InChI is InChI=1S/C17H17ClN2O2S/c1-12-7-8-14(9-15(12)18)20-17(22)11-23-10-16(21)19-13-5-3-2-4-6-13/h2-9H,10-11H2,1H3,(H,19,21)(H,20,22). The van der Waals surface area contributed by atoms with E-state index < -0.39 is 0 Å². The highest BCUT2D eigenvalue weighted by Crippen LogP contribution is 2.20. The fourth-order valence-corrected chi connectivity index (χ4v) is 2.62. The highest BCUT2D eigenvalue weighted by molar-refractivity contribution is 8.00. The second-order valence-electron chi connectivity index (χ2n) is 4.92. The summed E-state index contributed by atoms with van der Waals surface area (Å²) in [7, 11) is 0. The number of hydrogen-bond acceptors (Lipinski definition) is 3. The summed E-state index contributed by atoms with van der Waals surface area (Å²) in [6.07, 6.45) is 0. The smallest absolute Gasteiger partial charge is 0.234 e. The summed E-state index contributed by atoms with van der Waals surface area (Å²) in [5.41, 5.74) is 2.36. The molecule has 0 saturated heterocycles. The van der Waals surface area contributed by atoms with E-state index in [1.165, 1.54) is 11.8 Å². The summed E-state index contributed by atoms with van der Waals surface area (Å²) < 4.78 is 0. The van der Waals surface area contributed by atoms with E-state index in [4.69, 9.17) is 11.6 Å². The Hall–Kier alpha value is -1.98. The molecule has 0 fully saturated rings. The second-order valence-corrected chi connectivity index (χ2v) is 6.31. The van der Waals surface area contributed by atoms with E-state index in [0.29, 0.717) is 10.7 Å². The van der Waals surface area contributed by atoms with Crippen LogP contribution in [0.1, 0.15) is 5.56 Å². The monoisotopic (exact) mass is 348 g/mol. The van der Waals surface area contributed by atoms with Gasteiger partial charge in [-0.2, -0.15) is 0 Å². The molecule has 2 aromatic carbocycles. The maximum atomic E-state index is 11.8. The minimum Gasteiger partial charge on any atom is -0.325 e. The van der Waals surface area contributed by atoms with Gasteiger partial charge in [0.05, 0.1) is 11.5 Å². The minimum absolute atomic E-state index is 0.132. The molecule has 0 aromatic heterocycles. The molecule has 0 saturated carbocycles. The topological polar surface area (TPSA) is 58.2 Å². The zero-order chi connectivity index (χ0) is 16.7. The van der Waals surface area contributed by atoms with E-state index in [1.54, 1.807) is 12.1 Å². The molecule has 2 amide bonds. The van der Waals surface area contributed by atoms with Gasteiger partial charge in [0.15, 0.2) is 0 Å². The second kappa shape index (κ2) is 8.60. The first kappa shape index (κ1) is 17.4. The normalized spacial score (nSPS) is 10.2. The van der Waals surface area contributed by atoms with Gasteiger partial charge < -0.3 is 10.6 Å². The number of para-hydroxylation sites is 1. The Morgan fingerprint density at radius 2 is 1.57 bits per heavy atom. The van der Waals surface area contributed by atoms with Gasteiger partial charge >= 0.3 is 0 Å². The van der Waals surface area contributed by atoms with Gasteiger partial charge in [0.1, 0.15) is 0 Å². The van der Waals surface area contributed by atoms with Crippen LogP contribution in [0.2, 0.25) is 5.02 Å². The van der Waals surface area contributed by atoms with E-state index >= 15 is 0 Å². The van der Waals surface area contributed by atoms with E-state index in [9.17, 15) is 9.59 Å². The molecule has 4 nitrogen and oxygen atoms in total. The number of nitrogens with one attached hydrogen (secondary N) is 2. The van der Waals surface area contributed by atoms with Gasteiger partial charge in [-0.25, -0.2) is 0 Å². The molecule has 0 aliphatic carbocycles. The predicted octanol–water partition coefficient (Wildman–Crippen LogP) is 3.96. The maximum absolute atomic E-state index is 11.8. The minimum atomic E-state index is -0.164. The van der Waals surface area contributed by atoms with Crippen LogP contribution in [0.25, 0.3) is 0 Å². The van der Waals surface area contributed by atoms with Crippen LogP contribution in [0.4, 0.5) is 11.4 Å². The average Bonchev–Trinajstić information content (AvgIpc) is 2.52. The number of halogens is 1. The molecule has 120 valence electrons. The van der Waals surface area contributed by atoms with E-state index in [2.05, 4.69) is 10.6 Å². The number of aryl methyl sites for hydroxylation is 1. The van der Waals surface area contributed by atoms with Gasteiger partial charge in [-0.05, 0) is 36.8 Å². The van der Waals surface area contributed by atoms with E-state index in [0.717, 1.165) is 11.3 Å². The predicted molar refractivity (Wildman–Crippen MR) is 97.2 cm³/mol. The molecule has 6 heteroatoms. The lowest BCUT2D eigenvalue weighted by Crippen LogP contribution is -2.18. The summed E-state index contributed by atoms with van der Waals surface area (Å²) in [6.45, 7) is 1.90. The Kier molecular flexibility index (Phi) is 6.50. The SMILES string of the molecule is Cc1ccc(NC(=O)CSCC(=O)Nc2ccccc2)cc1Cl. The Morgan fingerprint density at radius 3 is 2.17 bits per heavy atom. The van der Waals surface area contributed by atoms with E-state index in [1.807, 2.05) is 43.3 Å². The van der Waals surface area contributed by atoms with Crippen molar-refractivity contribution in [1.82, 2.24) is 0 Å². The molecule has 2 rings (SSSR count). The van der Waals surface area contributed by atoms with Crippen LogP contribution in [-0.4, -0.2) is 23.3 Å². The van der Waals surface area contributed by atoms with Crippen molar-refractivity contribution in [2.24, 2.45) is 0 Å². The van der Waals surface area contributed by atoms with Crippen molar-refractivity contribution in [3.05, 3.63) is 59.1 Å². The lowest BCUT2D eigenvalue weighted by Gasteiger charge is -2.07. The molecule has 0 spiro atoms. The summed E-state index contributed by atoms with van der Waals surface area (Å²) >= 11 is 7.27. The lowest BCUT2D eigenvalue weighted by molar-refractivity contribution is -0.114. The molecular formula is C17H17ClN2O2S. The van der Waals surface area contributed by atoms with Crippen molar-refractivity contribution in [3.8, 4) is 0 Å². The van der Waals surface area contributed by atoms with Gasteiger partial charge in [-0.1, -0.05) is 35.9 Å². The van der Waals surface area contributed by atoms with Gasteiger partial charge in [0.2, 0.25) is 11.8 Å². The first-order valence-corrected chi connectivity index (χ1v) is 8.56. The van der Waals surface area contributed by atoms with Crippen LogP contribution in [0, 0.1) is 6.92 Å². The van der Waals surface area contributed by atoms with Gasteiger partial charge in [0, 0.05) is 16.4 Å². The first-order chi connectivity index (χ1) is 11.0. The molecule has 0 aliphatic rings. The Morgan fingerprint density at radius 1 is 0.957 bits per heavy atom. The first-order valence-electron chi connectivity index (χ1n) is 7.03. The largest absolute Gasteiger partial charge is 0.325 e. The molecule has 0 atom stereocenters. The molecule has 0 unspecified atom stereocenters. The quantitative estimate of drug-likeness (QED) is 0.830. The highest BCUT2D eigenvalue weighted by Gasteiger charge is 2.07. The van der Waals surface area contributed by atoms with Crippen molar-refractivity contribution in [1.29, 1.82) is 0 Å². The van der Waals surface area contributed by atoms with Crippen LogP contribution < -0.4 is 10.6 Å². The summed E-state index contributed by atoms with van der Waals surface area (Å²) in [6, 6.07) is 14.6. The third-order valence-corrected chi connectivity index (χ3v) is 4.32. The zero-order valence-electron chi connectivity index (χ0n) is 12.6. The Labute approximate surface area is 144 Å². The fourth-order valence-electron chi connectivity index (χ4n) is 1.82. The number of benzene rings is 2. The molecule has 2 N–H and O–H groups in total. The van der Waals surface area contributed by atoms with E-state index in [-0.39, 0.29) is 23.3 Å². The Balaban J connectivity index is 1.72. The number of amides is 2. The van der Waals surface area contributed by atoms with Crippen molar-refractivity contribution >= 4 is 46.6 Å². The summed E-state index contributed by atoms with van der Waals surface area (Å²) in [4.78, 5) is 23.6. The number of rotatable bonds is 6. The number of hydrogen-bond donors (Lipinski definition) is 2. The number of carbonyl (C=O) groups is 2. The van der Waals surface area contributed by atoms with Crippen LogP contribution >= 0.6 is 23.4 Å². The molecule has 0 aliphatic heterocycles. The zero-order valence-corrected chi connectivity index (χ0v) is 14.2. The lowest BCUT2D eigenvalue weighted by atomic mass is 10.2. The van der Waals surface area contributed by atoms with Gasteiger partial charge in [-0.3, -0.25) is 9.59 Å². The number of carbonyl (C=O) groups excluding carboxylic acids is 2. The van der Waals surface area contributed by atoms with Crippen LogP contribution in [-0.2, 0) is 9.59 Å². The van der Waals surface area contributed by atoms with Crippen LogP contribution in [0.15, 0.2) is 48.5 Å². The third kappa shape index (κ3) is 5.96. The van der Waals surface area contributed by atoms with Crippen molar-refractivity contribution in [2.75, 3.05) is 22.1 Å². The van der Waals surface area contributed by atoms with Crippen LogP contribution in [0.3, 0.4) is 0 Å². The number of thioether (sulfide) groups is 1. The summed E-state index contributed by atoms with van der Waals surface area (Å²) in [5, 5.41) is 6.14. The number of anilines is 2. The van der Waals surface area contributed by atoms with Crippen LogP contribution in [0.5, 0.6) is 0 Å². The molecule has 2 aromatic rings. The fraction of sp³-hybridized carbons (Fsp3) is 0.176. The molecule has 0 bridgehead atoms. The summed E-state index contributed by atoms with van der Waals surface area (Å²) in [5.74, 6) is 0.125. The van der Waals surface area contributed by atoms with Crippen molar-refractivity contribution in [3.63, 3.8) is 0 Å². The average molecular weight is 349 g/mol. The van der Waals surface area contributed by atoms with Crippen molar-refractivity contribution in [2.45, 2.75) is 6.92 Å².